The van der Waals surface area contributed by atoms with E-state index in [0.29, 0.717) is 0 Å². The first-order chi connectivity index (χ1) is 20.2. The zero-order valence-electron chi connectivity index (χ0n) is 25.5. The molecule has 2 atom stereocenters. The summed E-state index contributed by atoms with van der Waals surface area (Å²) in [5, 5.41) is 0. The smallest absolute Gasteiger partial charge is 1.00 e. The number of hydrogen-bond donors (Lipinski definition) is 0. The fraction of sp³-hybridized carbons (Fsp3) is 0.300. The minimum absolute atomic E-state index is 0. The van der Waals surface area contributed by atoms with E-state index in [2.05, 4.69) is 123 Å². The average molecular weight is 772 g/mol. The summed E-state index contributed by atoms with van der Waals surface area (Å²) in [6.45, 7) is 4.71. The molecular formula is C40H42Cl2Hf. The fourth-order valence-electron chi connectivity index (χ4n) is 8.11. The molecule has 3 heteroatoms. The van der Waals surface area contributed by atoms with Gasteiger partial charge in [-0.3, -0.25) is 0 Å². The minimum atomic E-state index is -2.89. The second-order valence-corrected chi connectivity index (χ2v) is 29.2. The van der Waals surface area contributed by atoms with Gasteiger partial charge in [0.25, 0.3) is 0 Å². The van der Waals surface area contributed by atoms with Crippen molar-refractivity contribution in [3.8, 4) is 22.3 Å². The molecule has 4 aromatic carbocycles. The monoisotopic (exact) mass is 772 g/mol. The van der Waals surface area contributed by atoms with Crippen LogP contribution in [0.25, 0.3) is 34.4 Å². The van der Waals surface area contributed by atoms with Gasteiger partial charge in [0.15, 0.2) is 0 Å². The molecule has 220 valence electrons. The van der Waals surface area contributed by atoms with E-state index < -0.39 is 20.0 Å². The number of fused-ring (bicyclic) bond motifs is 2. The number of unbranched alkanes of at least 4 members (excludes halogenated alkanes) is 2. The Balaban J connectivity index is 0.00000184. The van der Waals surface area contributed by atoms with Crippen LogP contribution in [0.4, 0.5) is 0 Å². The Kier molecular flexibility index (Phi) is 10.4. The number of benzene rings is 4. The molecule has 3 aliphatic rings. The summed E-state index contributed by atoms with van der Waals surface area (Å²) in [6.07, 6.45) is 13.0. The predicted molar refractivity (Wildman–Crippen MR) is 174 cm³/mol. The van der Waals surface area contributed by atoms with Gasteiger partial charge in [-0.05, 0) is 0 Å². The van der Waals surface area contributed by atoms with E-state index in [1.54, 1.807) is 30.6 Å². The Morgan fingerprint density at radius 2 is 0.953 bits per heavy atom. The third-order valence-electron chi connectivity index (χ3n) is 10.1. The van der Waals surface area contributed by atoms with Crippen LogP contribution in [0, 0.1) is 0 Å². The van der Waals surface area contributed by atoms with Crippen LogP contribution in [-0.4, -0.2) is 0 Å². The maximum absolute atomic E-state index is 2.89. The standard InChI is InChI=1S/2C19H19.C2H4.2ClH.Hf/c2*1-2-3-8-15-13-17-11-7-12-18(19(17)14-15)16-9-5-4-6-10-16;1-2;;;/h2*4-7,9-14H,2-3,8H2,1H3;1-2H2;2*1H;/q;;;;;+2/p-2. The van der Waals surface area contributed by atoms with Crippen molar-refractivity contribution in [1.82, 2.24) is 0 Å². The zero-order chi connectivity index (χ0) is 27.8. The predicted octanol–water partition coefficient (Wildman–Crippen LogP) is 5.99. The third-order valence-corrected chi connectivity index (χ3v) is 29.2. The van der Waals surface area contributed by atoms with E-state index in [-0.39, 0.29) is 24.8 Å². The molecule has 0 N–H and O–H groups in total. The largest absolute Gasteiger partial charge is 1.00 e. The van der Waals surface area contributed by atoms with Gasteiger partial charge in [-0.2, -0.15) is 0 Å². The van der Waals surface area contributed by atoms with Crippen LogP contribution in [0.2, 0.25) is 8.35 Å². The van der Waals surface area contributed by atoms with E-state index in [9.17, 15) is 0 Å². The van der Waals surface area contributed by atoms with Crippen LogP contribution in [-0.2, 0) is 20.0 Å². The first kappa shape index (κ1) is 32.2. The molecule has 1 aliphatic heterocycles. The summed E-state index contributed by atoms with van der Waals surface area (Å²) in [5.41, 5.74) is 15.6. The summed E-state index contributed by atoms with van der Waals surface area (Å²) in [5.74, 6) is 0. The SMILES string of the molecule is CCCCC1=Cc2c(-c3ccccc3)cccc2[CH]1[Hf+2]1([CH]2C(CCCC)=Cc3c(-c4ccccc4)cccc32)[CH2][CH2]1.[Cl-].[Cl-]. The quantitative estimate of drug-likeness (QED) is 0.174. The molecule has 1 fully saturated rings. The number of allylic oxidation sites excluding steroid dienone is 2. The molecule has 1 saturated heterocycles. The van der Waals surface area contributed by atoms with Gasteiger partial charge < -0.3 is 24.8 Å². The first-order valence-corrected chi connectivity index (χ1v) is 25.3. The molecule has 1 heterocycles. The van der Waals surface area contributed by atoms with Crippen molar-refractivity contribution >= 4 is 12.2 Å². The van der Waals surface area contributed by atoms with Gasteiger partial charge in [0.2, 0.25) is 0 Å². The second kappa shape index (κ2) is 13.8. The number of hydrogen-bond acceptors (Lipinski definition) is 0. The van der Waals surface area contributed by atoms with Gasteiger partial charge >= 0.3 is 253 Å². The molecule has 2 aliphatic carbocycles. The summed E-state index contributed by atoms with van der Waals surface area (Å²) in [4.78, 5) is 0. The van der Waals surface area contributed by atoms with E-state index in [1.807, 2.05) is 0 Å². The van der Waals surface area contributed by atoms with Gasteiger partial charge in [-0.1, -0.05) is 0 Å². The van der Waals surface area contributed by atoms with Crippen molar-refractivity contribution in [2.45, 2.75) is 68.1 Å². The molecule has 0 radical (unpaired) electrons. The molecule has 0 aromatic heterocycles. The maximum Gasteiger partial charge on any atom is -1.00 e. The Morgan fingerprint density at radius 3 is 1.33 bits per heavy atom. The molecule has 0 nitrogen and oxygen atoms in total. The molecule has 0 bridgehead atoms. The van der Waals surface area contributed by atoms with Crippen LogP contribution in [0.15, 0.2) is 108 Å². The topological polar surface area (TPSA) is 0 Å². The summed E-state index contributed by atoms with van der Waals surface area (Å²) >= 11 is -2.89. The van der Waals surface area contributed by atoms with Gasteiger partial charge in [0.05, 0.1) is 0 Å². The van der Waals surface area contributed by atoms with E-state index in [0.717, 1.165) is 7.35 Å². The van der Waals surface area contributed by atoms with Gasteiger partial charge in [-0.25, -0.2) is 0 Å². The molecule has 0 amide bonds. The Bertz CT molecular complexity index is 1500. The fourth-order valence-corrected chi connectivity index (χ4v) is 36.2. The van der Waals surface area contributed by atoms with Gasteiger partial charge in [-0.15, -0.1) is 0 Å². The maximum atomic E-state index is 2.67. The third kappa shape index (κ3) is 5.83. The van der Waals surface area contributed by atoms with Crippen molar-refractivity contribution in [1.29, 1.82) is 0 Å². The normalized spacial score (nSPS) is 18.2. The Hall–Kier alpha value is -2.19. The second-order valence-electron chi connectivity index (χ2n) is 12.6. The van der Waals surface area contributed by atoms with Crippen LogP contribution in [0.3, 0.4) is 0 Å². The molecule has 2 unspecified atom stereocenters. The van der Waals surface area contributed by atoms with Gasteiger partial charge in [0, 0.05) is 0 Å². The van der Waals surface area contributed by atoms with Crippen molar-refractivity contribution < 1.29 is 44.8 Å². The minimum Gasteiger partial charge on any atom is -1.00 e. The van der Waals surface area contributed by atoms with Crippen molar-refractivity contribution in [2.75, 3.05) is 0 Å². The molecule has 0 saturated carbocycles. The number of rotatable bonds is 10. The molecule has 0 spiro atoms. The molecule has 7 rings (SSSR count). The summed E-state index contributed by atoms with van der Waals surface area (Å²) in [7, 11) is 0. The van der Waals surface area contributed by atoms with E-state index in [4.69, 9.17) is 0 Å². The molecule has 43 heavy (non-hydrogen) atoms. The summed E-state index contributed by atoms with van der Waals surface area (Å²) < 4.78 is 4.54. The van der Waals surface area contributed by atoms with E-state index >= 15 is 0 Å². The Morgan fingerprint density at radius 1 is 0.535 bits per heavy atom. The van der Waals surface area contributed by atoms with E-state index in [1.165, 1.54) is 71.9 Å². The zero-order valence-corrected chi connectivity index (χ0v) is 30.6. The number of halogens is 2. The van der Waals surface area contributed by atoms with Crippen LogP contribution < -0.4 is 24.8 Å². The van der Waals surface area contributed by atoms with Crippen molar-refractivity contribution in [3.05, 3.63) is 130 Å². The average Bonchev–Trinajstić information content (AvgIpc) is 3.57. The first-order valence-electron chi connectivity index (χ1n) is 16.0. The van der Waals surface area contributed by atoms with Crippen LogP contribution >= 0.6 is 0 Å². The summed E-state index contributed by atoms with van der Waals surface area (Å²) in [6, 6.07) is 36.7. The van der Waals surface area contributed by atoms with Crippen molar-refractivity contribution in [2.24, 2.45) is 0 Å². The van der Waals surface area contributed by atoms with Crippen LogP contribution in [0.5, 0.6) is 0 Å². The Labute approximate surface area is 275 Å². The van der Waals surface area contributed by atoms with Crippen LogP contribution in [0.1, 0.15) is 82.0 Å². The molecular weight excluding hydrogens is 730 g/mol. The van der Waals surface area contributed by atoms with Gasteiger partial charge in [0.1, 0.15) is 0 Å². The van der Waals surface area contributed by atoms with Crippen molar-refractivity contribution in [3.63, 3.8) is 0 Å². The molecule has 4 aromatic rings.